The van der Waals surface area contributed by atoms with Gasteiger partial charge in [0.05, 0.1) is 11.5 Å². The zero-order chi connectivity index (χ0) is 15.8. The second kappa shape index (κ2) is 5.95. The molecule has 1 saturated carbocycles. The van der Waals surface area contributed by atoms with Gasteiger partial charge in [-0.15, -0.1) is 0 Å². The van der Waals surface area contributed by atoms with Crippen LogP contribution in [0.4, 0.5) is 0 Å². The highest BCUT2D eigenvalue weighted by Gasteiger charge is 2.48. The fourth-order valence-electron chi connectivity index (χ4n) is 4.07. The Morgan fingerprint density at radius 3 is 2.41 bits per heavy atom. The molecular formula is C17H25NO3S. The number of nitrogens with zero attached hydrogens (tertiary/aromatic N) is 1. The lowest BCUT2D eigenvalue weighted by molar-refractivity contribution is 0.195. The first-order chi connectivity index (χ1) is 10.5. The van der Waals surface area contributed by atoms with Crippen molar-refractivity contribution >= 4 is 10.0 Å². The van der Waals surface area contributed by atoms with Crippen molar-refractivity contribution in [3.05, 3.63) is 29.8 Å². The van der Waals surface area contributed by atoms with E-state index in [4.69, 9.17) is 0 Å². The molecular weight excluding hydrogens is 298 g/mol. The first-order valence-corrected chi connectivity index (χ1v) is 9.60. The first kappa shape index (κ1) is 16.0. The van der Waals surface area contributed by atoms with Gasteiger partial charge in [-0.3, -0.25) is 0 Å². The summed E-state index contributed by atoms with van der Waals surface area (Å²) in [6.45, 7) is 2.42. The molecule has 1 heterocycles. The number of aryl methyl sites for hydroxylation is 1. The molecule has 1 N–H and O–H groups in total. The molecule has 1 saturated heterocycles. The molecule has 1 spiro atoms. The van der Waals surface area contributed by atoms with Crippen molar-refractivity contribution in [2.24, 2.45) is 5.41 Å². The zero-order valence-corrected chi connectivity index (χ0v) is 14.0. The third-order valence-corrected chi connectivity index (χ3v) is 7.23. The van der Waals surface area contributed by atoms with E-state index < -0.39 is 10.0 Å². The van der Waals surface area contributed by atoms with E-state index in [-0.39, 0.29) is 18.1 Å². The van der Waals surface area contributed by atoms with E-state index in [1.165, 1.54) is 19.3 Å². The Morgan fingerprint density at radius 2 is 1.82 bits per heavy atom. The topological polar surface area (TPSA) is 57.6 Å². The zero-order valence-electron chi connectivity index (χ0n) is 13.2. The van der Waals surface area contributed by atoms with Crippen LogP contribution in [0.1, 0.15) is 44.1 Å². The molecule has 1 aromatic rings. The highest BCUT2D eigenvalue weighted by molar-refractivity contribution is 7.89. The number of sulfonamides is 1. The smallest absolute Gasteiger partial charge is 0.243 e. The highest BCUT2D eigenvalue weighted by atomic mass is 32.2. The van der Waals surface area contributed by atoms with Gasteiger partial charge in [0.2, 0.25) is 10.0 Å². The fourth-order valence-corrected chi connectivity index (χ4v) is 5.80. The molecule has 3 rings (SSSR count). The van der Waals surface area contributed by atoms with Gasteiger partial charge in [-0.25, -0.2) is 8.42 Å². The molecule has 122 valence electrons. The molecule has 0 bridgehead atoms. The van der Waals surface area contributed by atoms with Crippen LogP contribution in [0.5, 0.6) is 0 Å². The standard InChI is InChI=1S/C17H25NO3S/c1-14-5-7-16(8-6-14)22(20,21)18-13-17(11-15(18)12-19)9-3-2-4-10-17/h5-8,15,19H,2-4,9-13H2,1H3. The molecule has 0 radical (unpaired) electrons. The minimum absolute atomic E-state index is 0.0867. The molecule has 1 unspecified atom stereocenters. The number of benzene rings is 1. The summed E-state index contributed by atoms with van der Waals surface area (Å²) in [5.41, 5.74) is 1.13. The van der Waals surface area contributed by atoms with E-state index in [9.17, 15) is 13.5 Å². The van der Waals surface area contributed by atoms with Crippen molar-refractivity contribution in [1.29, 1.82) is 0 Å². The van der Waals surface area contributed by atoms with Crippen LogP contribution in [0.2, 0.25) is 0 Å². The van der Waals surface area contributed by atoms with Gasteiger partial charge in [-0.2, -0.15) is 4.31 Å². The summed E-state index contributed by atoms with van der Waals surface area (Å²) in [5.74, 6) is 0. The van der Waals surface area contributed by atoms with Crippen LogP contribution < -0.4 is 0 Å². The minimum Gasteiger partial charge on any atom is -0.395 e. The molecule has 1 aliphatic carbocycles. The number of hydrogen-bond donors (Lipinski definition) is 1. The first-order valence-electron chi connectivity index (χ1n) is 8.16. The van der Waals surface area contributed by atoms with Crippen LogP contribution in [-0.2, 0) is 10.0 Å². The largest absolute Gasteiger partial charge is 0.395 e. The van der Waals surface area contributed by atoms with E-state index in [0.717, 1.165) is 24.8 Å². The van der Waals surface area contributed by atoms with Crippen LogP contribution >= 0.6 is 0 Å². The quantitative estimate of drug-likeness (QED) is 0.930. The number of hydrogen-bond acceptors (Lipinski definition) is 3. The lowest BCUT2D eigenvalue weighted by atomic mass is 9.73. The van der Waals surface area contributed by atoms with Gasteiger partial charge in [0, 0.05) is 12.6 Å². The number of aliphatic hydroxyl groups excluding tert-OH is 1. The molecule has 1 aliphatic heterocycles. The number of aliphatic hydroxyl groups is 1. The summed E-state index contributed by atoms with van der Waals surface area (Å²) in [6.07, 6.45) is 6.57. The average Bonchev–Trinajstić information content (AvgIpc) is 2.87. The van der Waals surface area contributed by atoms with Crippen molar-refractivity contribution in [2.75, 3.05) is 13.2 Å². The average molecular weight is 323 g/mol. The SMILES string of the molecule is Cc1ccc(S(=O)(=O)N2CC3(CCCCC3)CC2CO)cc1. The van der Waals surface area contributed by atoms with E-state index in [1.54, 1.807) is 16.4 Å². The highest BCUT2D eigenvalue weighted by Crippen LogP contribution is 2.47. The molecule has 1 aromatic carbocycles. The maximum Gasteiger partial charge on any atom is 0.243 e. The summed E-state index contributed by atoms with van der Waals surface area (Å²) < 4.78 is 27.5. The molecule has 2 aliphatic rings. The van der Waals surface area contributed by atoms with Crippen molar-refractivity contribution in [2.45, 2.75) is 56.4 Å². The van der Waals surface area contributed by atoms with Gasteiger partial charge in [0.1, 0.15) is 0 Å². The Hall–Kier alpha value is -0.910. The Morgan fingerprint density at radius 1 is 1.18 bits per heavy atom. The van der Waals surface area contributed by atoms with Gasteiger partial charge in [-0.1, -0.05) is 37.0 Å². The van der Waals surface area contributed by atoms with Crippen LogP contribution in [0.3, 0.4) is 0 Å². The van der Waals surface area contributed by atoms with Gasteiger partial charge in [0.25, 0.3) is 0 Å². The summed E-state index contributed by atoms with van der Waals surface area (Å²) >= 11 is 0. The van der Waals surface area contributed by atoms with Gasteiger partial charge >= 0.3 is 0 Å². The van der Waals surface area contributed by atoms with Gasteiger partial charge < -0.3 is 5.11 Å². The molecule has 0 aromatic heterocycles. The van der Waals surface area contributed by atoms with Crippen LogP contribution in [-0.4, -0.2) is 37.0 Å². The summed E-state index contributed by atoms with van der Waals surface area (Å²) in [7, 11) is -3.52. The maximum atomic E-state index is 13.0. The van der Waals surface area contributed by atoms with Crippen molar-refractivity contribution in [3.63, 3.8) is 0 Å². The second-order valence-corrected chi connectivity index (χ2v) is 8.86. The third kappa shape index (κ3) is 2.82. The molecule has 0 amide bonds. The summed E-state index contributed by atoms with van der Waals surface area (Å²) in [6, 6.07) is 6.72. The normalized spacial score (nSPS) is 25.6. The minimum atomic E-state index is -3.52. The van der Waals surface area contributed by atoms with E-state index in [0.29, 0.717) is 11.4 Å². The Balaban J connectivity index is 1.90. The van der Waals surface area contributed by atoms with E-state index >= 15 is 0 Å². The lowest BCUT2D eigenvalue weighted by Crippen LogP contribution is -2.38. The van der Waals surface area contributed by atoms with Crippen molar-refractivity contribution < 1.29 is 13.5 Å². The van der Waals surface area contributed by atoms with Crippen molar-refractivity contribution in [1.82, 2.24) is 4.31 Å². The van der Waals surface area contributed by atoms with Crippen molar-refractivity contribution in [3.8, 4) is 0 Å². The van der Waals surface area contributed by atoms with Crippen LogP contribution in [0.15, 0.2) is 29.2 Å². The summed E-state index contributed by atoms with van der Waals surface area (Å²) in [4.78, 5) is 0.337. The Bertz CT molecular complexity index is 618. The van der Waals surface area contributed by atoms with E-state index in [1.807, 2.05) is 19.1 Å². The predicted octanol–water partition coefficient (Wildman–Crippen LogP) is 2.70. The predicted molar refractivity (Wildman–Crippen MR) is 86.1 cm³/mol. The molecule has 2 fully saturated rings. The molecule has 1 atom stereocenters. The Labute approximate surface area is 133 Å². The van der Waals surface area contributed by atoms with Crippen LogP contribution in [0.25, 0.3) is 0 Å². The molecule has 22 heavy (non-hydrogen) atoms. The monoisotopic (exact) mass is 323 g/mol. The van der Waals surface area contributed by atoms with E-state index in [2.05, 4.69) is 0 Å². The molecule has 4 nitrogen and oxygen atoms in total. The second-order valence-electron chi connectivity index (χ2n) is 6.96. The maximum absolute atomic E-state index is 13.0. The number of rotatable bonds is 3. The van der Waals surface area contributed by atoms with Gasteiger partial charge in [-0.05, 0) is 43.7 Å². The Kier molecular flexibility index (Phi) is 4.32. The van der Waals surface area contributed by atoms with Crippen LogP contribution in [0, 0.1) is 12.3 Å². The van der Waals surface area contributed by atoms with Gasteiger partial charge in [0.15, 0.2) is 0 Å². The lowest BCUT2D eigenvalue weighted by Gasteiger charge is -2.33. The summed E-state index contributed by atoms with van der Waals surface area (Å²) in [5, 5.41) is 9.70. The fraction of sp³-hybridized carbons (Fsp3) is 0.647. The molecule has 5 heteroatoms. The third-order valence-electron chi connectivity index (χ3n) is 5.32.